The van der Waals surface area contributed by atoms with Crippen molar-refractivity contribution in [2.75, 3.05) is 0 Å². The molecule has 0 amide bonds. The molecule has 2 unspecified atom stereocenters. The van der Waals surface area contributed by atoms with Gasteiger partial charge in [0.25, 0.3) is 0 Å². The Morgan fingerprint density at radius 2 is 2.00 bits per heavy atom. The molecule has 0 bridgehead atoms. The number of aliphatic hydroxyl groups is 1. The van der Waals surface area contributed by atoms with Crippen LogP contribution >= 0.6 is 0 Å². The average molecular weight is 148 g/mol. The second kappa shape index (κ2) is 4.24. The third kappa shape index (κ3) is 5.53. The van der Waals surface area contributed by atoms with E-state index in [0.29, 0.717) is 0 Å². The number of hydrogen-bond acceptors (Lipinski definition) is 4. The molecule has 0 aromatic rings. The third-order valence-electron chi connectivity index (χ3n) is 0.721. The van der Waals surface area contributed by atoms with Gasteiger partial charge in [-0.2, -0.15) is 0 Å². The van der Waals surface area contributed by atoms with Gasteiger partial charge in [0.15, 0.2) is 6.29 Å². The summed E-state index contributed by atoms with van der Waals surface area (Å²) in [6.07, 6.45) is -1.59. The van der Waals surface area contributed by atoms with Crippen molar-refractivity contribution in [3.63, 3.8) is 0 Å². The molecule has 0 spiro atoms. The molecule has 0 heterocycles. The molecule has 4 heteroatoms. The number of carbonyl (C=O) groups excluding carboxylic acids is 1. The van der Waals surface area contributed by atoms with Gasteiger partial charge in [-0.25, -0.2) is 0 Å². The Morgan fingerprint density at radius 1 is 1.50 bits per heavy atom. The molecule has 0 saturated carbocycles. The van der Waals surface area contributed by atoms with Gasteiger partial charge >= 0.3 is 5.97 Å². The molecule has 0 fully saturated rings. The average Bonchev–Trinajstić information content (AvgIpc) is 1.58. The topological polar surface area (TPSA) is 55.8 Å². The summed E-state index contributed by atoms with van der Waals surface area (Å²) in [5, 5.41) is 8.62. The number of rotatable bonds is 3. The van der Waals surface area contributed by atoms with Crippen LogP contribution in [0.25, 0.3) is 0 Å². The van der Waals surface area contributed by atoms with Crippen molar-refractivity contribution in [3.8, 4) is 0 Å². The van der Waals surface area contributed by atoms with Crippen molar-refractivity contribution in [3.05, 3.63) is 0 Å². The number of carbonyl (C=O) groups is 1. The molecule has 0 aliphatic carbocycles. The predicted octanol–water partition coefficient (Wildman–Crippen LogP) is 0.250. The Hall–Kier alpha value is -0.610. The van der Waals surface area contributed by atoms with Crippen LogP contribution in [-0.4, -0.2) is 23.7 Å². The first kappa shape index (κ1) is 9.39. The normalized spacial score (nSPS) is 16.0. The van der Waals surface area contributed by atoms with Crippen LogP contribution in [-0.2, 0) is 14.3 Å². The molecule has 0 aliphatic rings. The van der Waals surface area contributed by atoms with Crippen LogP contribution in [0.5, 0.6) is 0 Å². The van der Waals surface area contributed by atoms with Crippen LogP contribution in [0.2, 0.25) is 0 Å². The largest absolute Gasteiger partial charge is 0.436 e. The summed E-state index contributed by atoms with van der Waals surface area (Å²) in [6.45, 7) is 4.26. The molecular weight excluding hydrogens is 136 g/mol. The van der Waals surface area contributed by atoms with Gasteiger partial charge in [0.2, 0.25) is 6.29 Å². The fourth-order valence-corrected chi connectivity index (χ4v) is 0.539. The van der Waals surface area contributed by atoms with Crippen LogP contribution in [0.4, 0.5) is 0 Å². The molecule has 0 aliphatic heterocycles. The standard InChI is InChI=1S/C6H12O4/c1-4(7)9-6(3)10-5(2)8/h4,6-7H,1-3H3. The highest BCUT2D eigenvalue weighted by Crippen LogP contribution is 1.96. The molecule has 2 atom stereocenters. The van der Waals surface area contributed by atoms with Gasteiger partial charge in [-0.3, -0.25) is 4.79 Å². The first-order chi connectivity index (χ1) is 4.52. The molecular formula is C6H12O4. The van der Waals surface area contributed by atoms with Crippen molar-refractivity contribution in [1.82, 2.24) is 0 Å². The van der Waals surface area contributed by atoms with Crippen LogP contribution < -0.4 is 0 Å². The highest BCUT2D eigenvalue weighted by atomic mass is 16.7. The summed E-state index contributed by atoms with van der Waals surface area (Å²) in [5.41, 5.74) is 0. The molecule has 0 radical (unpaired) electrons. The number of aliphatic hydroxyl groups excluding tert-OH is 1. The fraction of sp³-hybridized carbons (Fsp3) is 0.833. The maximum atomic E-state index is 10.3. The second-order valence-electron chi connectivity index (χ2n) is 1.91. The summed E-state index contributed by atoms with van der Waals surface area (Å²) < 4.78 is 9.21. The smallest absolute Gasteiger partial charge is 0.304 e. The van der Waals surface area contributed by atoms with Gasteiger partial charge in [0.05, 0.1) is 0 Å². The minimum Gasteiger partial charge on any atom is -0.436 e. The van der Waals surface area contributed by atoms with Gasteiger partial charge in [-0.1, -0.05) is 0 Å². The quantitative estimate of drug-likeness (QED) is 0.460. The first-order valence-corrected chi connectivity index (χ1v) is 3.03. The summed E-state index contributed by atoms with van der Waals surface area (Å²) in [5.74, 6) is -0.423. The molecule has 60 valence electrons. The minimum absolute atomic E-state index is 0.423. The molecule has 0 aromatic carbocycles. The summed E-state index contributed by atoms with van der Waals surface area (Å²) in [7, 11) is 0. The van der Waals surface area contributed by atoms with Gasteiger partial charge < -0.3 is 14.6 Å². The molecule has 0 rings (SSSR count). The maximum Gasteiger partial charge on any atom is 0.304 e. The monoisotopic (exact) mass is 148 g/mol. The van der Waals surface area contributed by atoms with Crippen molar-refractivity contribution in [2.45, 2.75) is 33.4 Å². The molecule has 0 aromatic heterocycles. The fourth-order valence-electron chi connectivity index (χ4n) is 0.539. The van der Waals surface area contributed by atoms with E-state index in [4.69, 9.17) is 5.11 Å². The lowest BCUT2D eigenvalue weighted by Gasteiger charge is -2.13. The van der Waals surface area contributed by atoms with E-state index in [1.807, 2.05) is 0 Å². The molecule has 0 saturated heterocycles. The van der Waals surface area contributed by atoms with Gasteiger partial charge in [-0.05, 0) is 13.8 Å². The van der Waals surface area contributed by atoms with E-state index in [1.165, 1.54) is 20.8 Å². The first-order valence-electron chi connectivity index (χ1n) is 3.03. The lowest BCUT2D eigenvalue weighted by Crippen LogP contribution is -2.21. The Balaban J connectivity index is 3.43. The van der Waals surface area contributed by atoms with E-state index in [0.717, 1.165) is 0 Å². The Bertz CT molecular complexity index is 110. The third-order valence-corrected chi connectivity index (χ3v) is 0.721. The number of ether oxygens (including phenoxy) is 2. The zero-order valence-electron chi connectivity index (χ0n) is 6.33. The lowest BCUT2D eigenvalue weighted by molar-refractivity contribution is -0.213. The van der Waals surface area contributed by atoms with E-state index in [2.05, 4.69) is 9.47 Å². The zero-order chi connectivity index (χ0) is 8.15. The predicted molar refractivity (Wildman–Crippen MR) is 34.0 cm³/mol. The lowest BCUT2D eigenvalue weighted by atomic mass is 10.7. The summed E-state index contributed by atoms with van der Waals surface area (Å²) >= 11 is 0. The molecule has 4 nitrogen and oxygen atoms in total. The maximum absolute atomic E-state index is 10.3. The van der Waals surface area contributed by atoms with Gasteiger partial charge in [-0.15, -0.1) is 0 Å². The van der Waals surface area contributed by atoms with Crippen molar-refractivity contribution in [1.29, 1.82) is 0 Å². The Kier molecular flexibility index (Phi) is 3.99. The number of esters is 1. The van der Waals surface area contributed by atoms with Crippen LogP contribution in [0, 0.1) is 0 Å². The van der Waals surface area contributed by atoms with Crippen LogP contribution in [0.1, 0.15) is 20.8 Å². The van der Waals surface area contributed by atoms with Gasteiger partial charge in [0, 0.05) is 6.92 Å². The van der Waals surface area contributed by atoms with E-state index in [1.54, 1.807) is 0 Å². The van der Waals surface area contributed by atoms with Crippen LogP contribution in [0.15, 0.2) is 0 Å². The Morgan fingerprint density at radius 3 is 2.30 bits per heavy atom. The van der Waals surface area contributed by atoms with Crippen molar-refractivity contribution < 1.29 is 19.4 Å². The van der Waals surface area contributed by atoms with Crippen LogP contribution in [0.3, 0.4) is 0 Å². The minimum atomic E-state index is -0.908. The molecule has 1 N–H and O–H groups in total. The van der Waals surface area contributed by atoms with E-state index in [-0.39, 0.29) is 0 Å². The highest BCUT2D eigenvalue weighted by molar-refractivity contribution is 5.65. The summed E-state index contributed by atoms with van der Waals surface area (Å²) in [4.78, 5) is 10.3. The van der Waals surface area contributed by atoms with E-state index >= 15 is 0 Å². The van der Waals surface area contributed by atoms with Crippen molar-refractivity contribution in [2.24, 2.45) is 0 Å². The highest BCUT2D eigenvalue weighted by Gasteiger charge is 2.06. The van der Waals surface area contributed by atoms with Crippen molar-refractivity contribution >= 4 is 5.97 Å². The zero-order valence-corrected chi connectivity index (χ0v) is 6.33. The molecule has 10 heavy (non-hydrogen) atoms. The summed E-state index contributed by atoms with van der Waals surface area (Å²) in [6, 6.07) is 0. The Labute approximate surface area is 59.7 Å². The number of hydrogen-bond donors (Lipinski definition) is 1. The van der Waals surface area contributed by atoms with Gasteiger partial charge in [0.1, 0.15) is 0 Å². The van der Waals surface area contributed by atoms with E-state index in [9.17, 15) is 4.79 Å². The second-order valence-corrected chi connectivity index (χ2v) is 1.91. The van der Waals surface area contributed by atoms with E-state index < -0.39 is 18.5 Å². The SMILES string of the molecule is CC(=O)OC(C)OC(C)O.